The van der Waals surface area contributed by atoms with Gasteiger partial charge < -0.3 is 14.5 Å². The average molecular weight is 413 g/mol. The highest BCUT2D eigenvalue weighted by Gasteiger charge is 2.45. The van der Waals surface area contributed by atoms with Crippen molar-refractivity contribution in [3.63, 3.8) is 0 Å². The molecule has 1 aliphatic rings. The van der Waals surface area contributed by atoms with Gasteiger partial charge in [0.05, 0.1) is 17.6 Å². The Balaban J connectivity index is 1.91. The summed E-state index contributed by atoms with van der Waals surface area (Å²) in [4.78, 5) is 30.1. The van der Waals surface area contributed by atoms with Gasteiger partial charge in [0.15, 0.2) is 0 Å². The molecule has 2 aromatic carbocycles. The zero-order chi connectivity index (χ0) is 21.7. The molecule has 1 aliphatic heterocycles. The second kappa shape index (κ2) is 9.28. The molecule has 160 valence electrons. The van der Waals surface area contributed by atoms with E-state index >= 15 is 0 Å². The van der Waals surface area contributed by atoms with Crippen molar-refractivity contribution in [1.82, 2.24) is 4.90 Å². The maximum atomic E-state index is 13.4. The third-order valence-corrected chi connectivity index (χ3v) is 5.64. The summed E-state index contributed by atoms with van der Waals surface area (Å²) in [5.41, 5.74) is 1.47. The number of amides is 1. The summed E-state index contributed by atoms with van der Waals surface area (Å²) in [5.74, 6) is -0.704. The van der Waals surface area contributed by atoms with E-state index in [-0.39, 0.29) is 30.8 Å². The number of rotatable bonds is 6. The molecule has 0 spiro atoms. The monoisotopic (exact) mass is 412 g/mol. The molecular formula is C24H29FN2O3. The Hall–Kier alpha value is -2.89. The zero-order valence-corrected chi connectivity index (χ0v) is 17.9. The van der Waals surface area contributed by atoms with Gasteiger partial charge in [0, 0.05) is 32.9 Å². The summed E-state index contributed by atoms with van der Waals surface area (Å²) in [5, 5.41) is 0. The van der Waals surface area contributed by atoms with Gasteiger partial charge in [0.2, 0.25) is 0 Å². The van der Waals surface area contributed by atoms with Crippen molar-refractivity contribution in [2.24, 2.45) is 5.41 Å². The number of carbonyl (C=O) groups excluding carboxylic acids is 2. The molecule has 2 aromatic rings. The number of benzene rings is 2. The van der Waals surface area contributed by atoms with E-state index in [4.69, 9.17) is 4.74 Å². The number of nitrogens with zero attached hydrogens (tertiary/aromatic N) is 2. The lowest BCUT2D eigenvalue weighted by Crippen LogP contribution is -2.51. The average Bonchev–Trinajstić information content (AvgIpc) is 2.75. The van der Waals surface area contributed by atoms with Crippen molar-refractivity contribution < 1.29 is 18.7 Å². The largest absolute Gasteiger partial charge is 0.466 e. The predicted octanol–water partition coefficient (Wildman–Crippen LogP) is 3.92. The van der Waals surface area contributed by atoms with Crippen molar-refractivity contribution in [1.29, 1.82) is 0 Å². The first-order chi connectivity index (χ1) is 14.4. The van der Waals surface area contributed by atoms with Gasteiger partial charge in [0.1, 0.15) is 5.82 Å². The van der Waals surface area contributed by atoms with Gasteiger partial charge in [0.25, 0.3) is 5.91 Å². The smallest absolute Gasteiger partial charge is 0.314 e. The molecule has 1 amide bonds. The van der Waals surface area contributed by atoms with Crippen LogP contribution in [0.3, 0.4) is 0 Å². The molecule has 1 atom stereocenters. The molecule has 0 saturated carbocycles. The number of halogens is 1. The zero-order valence-electron chi connectivity index (χ0n) is 17.9. The number of likely N-dealkylation sites (tertiary alicyclic amines) is 1. The van der Waals surface area contributed by atoms with Crippen LogP contribution in [0.15, 0.2) is 48.5 Å². The number of carbonyl (C=O) groups is 2. The second-order valence-corrected chi connectivity index (χ2v) is 8.05. The Kier molecular flexibility index (Phi) is 6.75. The number of ether oxygens (including phenoxy) is 1. The summed E-state index contributed by atoms with van der Waals surface area (Å²) < 4.78 is 18.8. The molecule has 6 heteroatoms. The Labute approximate surface area is 177 Å². The number of piperidine rings is 1. The van der Waals surface area contributed by atoms with E-state index in [0.717, 1.165) is 11.3 Å². The van der Waals surface area contributed by atoms with Crippen molar-refractivity contribution in [2.75, 3.05) is 38.7 Å². The Morgan fingerprint density at radius 2 is 1.83 bits per heavy atom. The van der Waals surface area contributed by atoms with E-state index < -0.39 is 5.41 Å². The van der Waals surface area contributed by atoms with E-state index in [1.54, 1.807) is 24.0 Å². The van der Waals surface area contributed by atoms with Crippen LogP contribution in [0, 0.1) is 11.2 Å². The lowest BCUT2D eigenvalue weighted by Gasteiger charge is -2.41. The van der Waals surface area contributed by atoms with Gasteiger partial charge in [-0.25, -0.2) is 4.39 Å². The maximum absolute atomic E-state index is 13.4. The molecule has 1 unspecified atom stereocenters. The molecule has 0 N–H and O–H groups in total. The molecule has 5 nitrogen and oxygen atoms in total. The molecule has 3 rings (SSSR count). The summed E-state index contributed by atoms with van der Waals surface area (Å²) in [6.45, 7) is 2.93. The van der Waals surface area contributed by atoms with Crippen molar-refractivity contribution in [3.8, 4) is 0 Å². The third-order valence-electron chi connectivity index (χ3n) is 5.64. The summed E-state index contributed by atoms with van der Waals surface area (Å²) in [6.07, 6.45) is 1.74. The van der Waals surface area contributed by atoms with Crippen LogP contribution in [0.1, 0.15) is 35.7 Å². The lowest BCUT2D eigenvalue weighted by atomic mass is 9.75. The van der Waals surface area contributed by atoms with E-state index in [1.807, 2.05) is 43.3 Å². The molecule has 1 saturated heterocycles. The normalized spacial score (nSPS) is 18.7. The topological polar surface area (TPSA) is 49.9 Å². The van der Waals surface area contributed by atoms with Gasteiger partial charge in [-0.05, 0) is 56.0 Å². The highest BCUT2D eigenvalue weighted by Crippen LogP contribution is 2.36. The Morgan fingerprint density at radius 3 is 2.50 bits per heavy atom. The van der Waals surface area contributed by atoms with Crippen LogP contribution in [-0.2, 0) is 16.0 Å². The lowest BCUT2D eigenvalue weighted by molar-refractivity contribution is -0.158. The van der Waals surface area contributed by atoms with Crippen LogP contribution < -0.4 is 4.90 Å². The Morgan fingerprint density at radius 1 is 1.13 bits per heavy atom. The van der Waals surface area contributed by atoms with Gasteiger partial charge in [-0.2, -0.15) is 0 Å². The molecule has 0 radical (unpaired) electrons. The van der Waals surface area contributed by atoms with Crippen molar-refractivity contribution in [3.05, 3.63) is 65.5 Å². The van der Waals surface area contributed by atoms with Crippen LogP contribution in [0.4, 0.5) is 10.1 Å². The fraction of sp³-hybridized carbons (Fsp3) is 0.417. The van der Waals surface area contributed by atoms with Crippen LogP contribution >= 0.6 is 0 Å². The number of hydrogen-bond donors (Lipinski definition) is 0. The first-order valence-electron chi connectivity index (χ1n) is 10.3. The fourth-order valence-corrected chi connectivity index (χ4v) is 4.18. The molecule has 1 fully saturated rings. The van der Waals surface area contributed by atoms with E-state index in [2.05, 4.69) is 0 Å². The third kappa shape index (κ3) is 4.64. The molecular weight excluding hydrogens is 383 g/mol. The summed E-state index contributed by atoms with van der Waals surface area (Å²) >= 11 is 0. The highest BCUT2D eigenvalue weighted by atomic mass is 19.1. The van der Waals surface area contributed by atoms with E-state index in [1.165, 1.54) is 12.1 Å². The standard InChI is InChI=1S/C24H29FN2O3/c1-4-30-23(29)24(16-18-10-12-19(25)13-11-18)14-7-15-27(17-24)22(28)20-8-5-6-9-21(20)26(2)3/h5-6,8-13H,4,7,14-17H2,1-3H3. The molecule has 1 heterocycles. The highest BCUT2D eigenvalue weighted by molar-refractivity contribution is 6.00. The Bertz CT molecular complexity index is 898. The fourth-order valence-electron chi connectivity index (χ4n) is 4.18. The predicted molar refractivity (Wildman–Crippen MR) is 115 cm³/mol. The molecule has 30 heavy (non-hydrogen) atoms. The van der Waals surface area contributed by atoms with Crippen LogP contribution in [-0.4, -0.2) is 50.6 Å². The number of anilines is 1. The first-order valence-corrected chi connectivity index (χ1v) is 10.3. The second-order valence-electron chi connectivity index (χ2n) is 8.05. The maximum Gasteiger partial charge on any atom is 0.314 e. The number of esters is 1. The van der Waals surface area contributed by atoms with Gasteiger partial charge in [-0.3, -0.25) is 9.59 Å². The van der Waals surface area contributed by atoms with Crippen LogP contribution in [0.25, 0.3) is 0 Å². The minimum absolute atomic E-state index is 0.0909. The van der Waals surface area contributed by atoms with Crippen LogP contribution in [0.5, 0.6) is 0 Å². The number of hydrogen-bond acceptors (Lipinski definition) is 4. The summed E-state index contributed by atoms with van der Waals surface area (Å²) in [6, 6.07) is 13.7. The van der Waals surface area contributed by atoms with Gasteiger partial charge in [-0.15, -0.1) is 0 Å². The molecule has 0 aromatic heterocycles. The SMILES string of the molecule is CCOC(=O)C1(Cc2ccc(F)cc2)CCCN(C(=O)c2ccccc2N(C)C)C1. The minimum atomic E-state index is -0.838. The van der Waals surface area contributed by atoms with Crippen molar-refractivity contribution >= 4 is 17.6 Å². The van der Waals surface area contributed by atoms with Crippen molar-refractivity contribution in [2.45, 2.75) is 26.2 Å². The van der Waals surface area contributed by atoms with E-state index in [0.29, 0.717) is 31.4 Å². The molecule has 0 aliphatic carbocycles. The summed E-state index contributed by atoms with van der Waals surface area (Å²) in [7, 11) is 3.81. The van der Waals surface area contributed by atoms with E-state index in [9.17, 15) is 14.0 Å². The minimum Gasteiger partial charge on any atom is -0.466 e. The molecule has 0 bridgehead atoms. The van der Waals surface area contributed by atoms with Gasteiger partial charge >= 0.3 is 5.97 Å². The number of para-hydroxylation sites is 1. The van der Waals surface area contributed by atoms with Gasteiger partial charge in [-0.1, -0.05) is 24.3 Å². The quantitative estimate of drug-likeness (QED) is 0.675. The van der Waals surface area contributed by atoms with Crippen LogP contribution in [0.2, 0.25) is 0 Å². The first kappa shape index (κ1) is 21.8.